The number of Topliss-reactive ketones (excluding diaryl/α,β-unsaturated/α-hetero) is 3. The van der Waals surface area contributed by atoms with Gasteiger partial charge < -0.3 is 24.4 Å². The summed E-state index contributed by atoms with van der Waals surface area (Å²) in [4.78, 5) is 67.6. The molecule has 10 heteroatoms. The number of carbonyl (C=O) groups is 5. The highest BCUT2D eigenvalue weighted by atomic mass is 16.5. The highest BCUT2D eigenvalue weighted by Gasteiger charge is 2.36. The predicted molar refractivity (Wildman–Crippen MR) is 160 cm³/mol. The molecule has 1 aliphatic heterocycles. The molecule has 2 unspecified atom stereocenters. The number of esters is 1. The molecule has 2 aliphatic rings. The number of hydrogen-bond donors (Lipinski definition) is 1. The van der Waals surface area contributed by atoms with E-state index in [0.717, 1.165) is 37.7 Å². The van der Waals surface area contributed by atoms with Gasteiger partial charge in [-0.1, -0.05) is 76.3 Å². The number of urea groups is 1. The minimum atomic E-state index is -1.04. The van der Waals surface area contributed by atoms with Gasteiger partial charge in [0.05, 0.1) is 51.4 Å². The molecule has 43 heavy (non-hydrogen) atoms. The molecule has 3 rings (SSSR count). The lowest BCUT2D eigenvalue weighted by Crippen LogP contribution is -2.52. The van der Waals surface area contributed by atoms with Gasteiger partial charge >= 0.3 is 12.0 Å². The van der Waals surface area contributed by atoms with Crippen molar-refractivity contribution in [3.63, 3.8) is 0 Å². The van der Waals surface area contributed by atoms with E-state index in [0.29, 0.717) is 38.6 Å². The zero-order chi connectivity index (χ0) is 31.2. The Kier molecular flexibility index (Phi) is 14.3. The number of carbonyl (C=O) groups excluding carboxylic acids is 5. The van der Waals surface area contributed by atoms with E-state index in [1.165, 1.54) is 7.11 Å². The largest absolute Gasteiger partial charge is 0.469 e. The molecule has 3 atom stereocenters. The summed E-state index contributed by atoms with van der Waals surface area (Å²) in [6.45, 7) is 5.41. The zero-order valence-corrected chi connectivity index (χ0v) is 25.9. The number of benzene rings is 1. The maximum absolute atomic E-state index is 13.8. The standard InChI is InChI=1S/C33H48N2O8/c1-23(2)27(32(39)41-3)20-30(37)31(38)26(22-43-21-25-12-8-5-9-13-25)19-29(36)28(18-24-10-6-4-7-11-24)34-33(40)35-14-16-42-17-15-35/h5,8-9,12-13,23-24,26-28H,4,6-7,10-11,14-22H2,1-3H3,(H,34,40)/t26?,27?,28-/m0/s1. The van der Waals surface area contributed by atoms with E-state index >= 15 is 0 Å². The topological polar surface area (TPSA) is 128 Å². The Labute approximate surface area is 255 Å². The molecular weight excluding hydrogens is 552 g/mol. The third-order valence-electron chi connectivity index (χ3n) is 8.52. The number of rotatable bonds is 16. The molecule has 10 nitrogen and oxygen atoms in total. The molecule has 0 bridgehead atoms. The lowest BCUT2D eigenvalue weighted by Gasteiger charge is -2.31. The first kappa shape index (κ1) is 34.4. The summed E-state index contributed by atoms with van der Waals surface area (Å²) in [5, 5.41) is 2.94. The molecule has 1 heterocycles. The van der Waals surface area contributed by atoms with Gasteiger partial charge in [0.1, 0.15) is 0 Å². The Morgan fingerprint density at radius 1 is 0.977 bits per heavy atom. The van der Waals surface area contributed by atoms with E-state index in [1.807, 2.05) is 30.3 Å². The van der Waals surface area contributed by atoms with Crippen LogP contribution < -0.4 is 5.32 Å². The van der Waals surface area contributed by atoms with Crippen molar-refractivity contribution in [3.8, 4) is 0 Å². The molecule has 1 saturated heterocycles. The molecule has 1 aliphatic carbocycles. The molecule has 1 saturated carbocycles. The smallest absolute Gasteiger partial charge is 0.318 e. The normalized spacial score (nSPS) is 18.0. The van der Waals surface area contributed by atoms with Gasteiger partial charge in [-0.05, 0) is 23.8 Å². The van der Waals surface area contributed by atoms with Crippen LogP contribution in [0.3, 0.4) is 0 Å². The zero-order valence-electron chi connectivity index (χ0n) is 25.9. The van der Waals surface area contributed by atoms with Crippen LogP contribution in [0, 0.1) is 23.7 Å². The molecule has 238 valence electrons. The van der Waals surface area contributed by atoms with Crippen molar-refractivity contribution in [1.29, 1.82) is 0 Å². The third kappa shape index (κ3) is 11.2. The first-order valence-electron chi connectivity index (χ1n) is 15.6. The summed E-state index contributed by atoms with van der Waals surface area (Å²) >= 11 is 0. The Hall–Kier alpha value is -3.11. The van der Waals surface area contributed by atoms with Gasteiger partial charge in [-0.2, -0.15) is 0 Å². The molecule has 1 N–H and O–H groups in total. The fourth-order valence-electron chi connectivity index (χ4n) is 5.81. The number of morpholine rings is 1. The molecule has 2 fully saturated rings. The van der Waals surface area contributed by atoms with Crippen LogP contribution in [0.4, 0.5) is 4.79 Å². The summed E-state index contributed by atoms with van der Waals surface area (Å²) in [5.74, 6) is -4.05. The summed E-state index contributed by atoms with van der Waals surface area (Å²) in [5.41, 5.74) is 0.893. The number of nitrogens with zero attached hydrogens (tertiary/aromatic N) is 1. The van der Waals surface area contributed by atoms with Gasteiger partial charge in [0.15, 0.2) is 11.6 Å². The fourth-order valence-corrected chi connectivity index (χ4v) is 5.81. The quantitative estimate of drug-likeness (QED) is 0.222. The minimum Gasteiger partial charge on any atom is -0.469 e. The fraction of sp³-hybridized carbons (Fsp3) is 0.667. The summed E-state index contributed by atoms with van der Waals surface area (Å²) in [6, 6.07) is 8.31. The number of ether oxygens (including phenoxy) is 3. The highest BCUT2D eigenvalue weighted by Crippen LogP contribution is 2.28. The van der Waals surface area contributed by atoms with Crippen LogP contribution in [0.15, 0.2) is 30.3 Å². The average Bonchev–Trinajstić information content (AvgIpc) is 3.03. The molecule has 2 amide bonds. The van der Waals surface area contributed by atoms with E-state index in [4.69, 9.17) is 14.2 Å². The van der Waals surface area contributed by atoms with Gasteiger partial charge in [0, 0.05) is 25.9 Å². The van der Waals surface area contributed by atoms with E-state index in [-0.39, 0.29) is 43.8 Å². The Bertz CT molecular complexity index is 1060. The molecule has 0 aromatic heterocycles. The Balaban J connectivity index is 1.76. The van der Waals surface area contributed by atoms with Crippen molar-refractivity contribution in [3.05, 3.63) is 35.9 Å². The van der Waals surface area contributed by atoms with Crippen LogP contribution in [0.2, 0.25) is 0 Å². The molecule has 0 radical (unpaired) electrons. The number of methoxy groups -OCH3 is 1. The van der Waals surface area contributed by atoms with Crippen molar-refractivity contribution < 1.29 is 38.2 Å². The SMILES string of the molecule is COC(=O)C(CC(=O)C(=O)C(COCc1ccccc1)CC(=O)[C@H](CC1CCCCC1)NC(=O)N1CCOCC1)C(C)C. The monoisotopic (exact) mass is 600 g/mol. The van der Waals surface area contributed by atoms with Crippen LogP contribution in [0.5, 0.6) is 0 Å². The van der Waals surface area contributed by atoms with Gasteiger partial charge in [-0.3, -0.25) is 19.2 Å². The van der Waals surface area contributed by atoms with Crippen LogP contribution >= 0.6 is 0 Å². The van der Waals surface area contributed by atoms with Gasteiger partial charge in [-0.25, -0.2) is 4.79 Å². The second-order valence-electron chi connectivity index (χ2n) is 12.1. The van der Waals surface area contributed by atoms with Crippen molar-refractivity contribution in [1.82, 2.24) is 10.2 Å². The minimum absolute atomic E-state index is 0.136. The Morgan fingerprint density at radius 2 is 1.65 bits per heavy atom. The summed E-state index contributed by atoms with van der Waals surface area (Å²) in [6.07, 6.45) is 5.26. The second kappa shape index (κ2) is 17.9. The van der Waals surface area contributed by atoms with E-state index in [2.05, 4.69) is 5.32 Å². The molecule has 1 aromatic rings. The third-order valence-corrected chi connectivity index (χ3v) is 8.52. The maximum atomic E-state index is 13.8. The highest BCUT2D eigenvalue weighted by molar-refractivity contribution is 6.38. The Morgan fingerprint density at radius 3 is 2.28 bits per heavy atom. The van der Waals surface area contributed by atoms with Crippen LogP contribution in [-0.2, 0) is 40.0 Å². The van der Waals surface area contributed by atoms with Crippen molar-refractivity contribution in [2.75, 3.05) is 40.0 Å². The lowest BCUT2D eigenvalue weighted by molar-refractivity contribution is -0.150. The van der Waals surface area contributed by atoms with E-state index < -0.39 is 35.4 Å². The predicted octanol–water partition coefficient (Wildman–Crippen LogP) is 4.13. The molecule has 0 spiro atoms. The van der Waals surface area contributed by atoms with Gasteiger partial charge in [0.2, 0.25) is 5.78 Å². The summed E-state index contributed by atoms with van der Waals surface area (Å²) < 4.78 is 16.1. The number of nitrogens with one attached hydrogen (secondary N) is 1. The van der Waals surface area contributed by atoms with Crippen molar-refractivity contribution >= 4 is 29.4 Å². The van der Waals surface area contributed by atoms with Gasteiger partial charge in [0.25, 0.3) is 0 Å². The first-order valence-corrected chi connectivity index (χ1v) is 15.6. The average molecular weight is 601 g/mol. The lowest BCUT2D eigenvalue weighted by atomic mass is 9.82. The van der Waals surface area contributed by atoms with Crippen molar-refractivity contribution in [2.24, 2.45) is 23.7 Å². The van der Waals surface area contributed by atoms with E-state index in [1.54, 1.807) is 18.7 Å². The van der Waals surface area contributed by atoms with Crippen LogP contribution in [0.1, 0.15) is 70.8 Å². The second-order valence-corrected chi connectivity index (χ2v) is 12.1. The number of amides is 2. The number of hydrogen-bond acceptors (Lipinski definition) is 8. The first-order chi connectivity index (χ1) is 20.7. The molecular formula is C33H48N2O8. The number of ketones is 3. The van der Waals surface area contributed by atoms with Gasteiger partial charge in [-0.15, -0.1) is 0 Å². The summed E-state index contributed by atoms with van der Waals surface area (Å²) in [7, 11) is 1.25. The maximum Gasteiger partial charge on any atom is 0.318 e. The molecule has 1 aromatic carbocycles. The van der Waals surface area contributed by atoms with Crippen LogP contribution in [0.25, 0.3) is 0 Å². The van der Waals surface area contributed by atoms with Crippen LogP contribution in [-0.4, -0.2) is 80.3 Å². The van der Waals surface area contributed by atoms with Crippen molar-refractivity contribution in [2.45, 2.75) is 77.9 Å². The van der Waals surface area contributed by atoms with E-state index in [9.17, 15) is 24.0 Å².